The van der Waals surface area contributed by atoms with Gasteiger partial charge in [0.2, 0.25) is 10.0 Å². The van der Waals surface area contributed by atoms with E-state index in [2.05, 4.69) is 4.72 Å². The Morgan fingerprint density at radius 3 is 2.72 bits per heavy atom. The van der Waals surface area contributed by atoms with Crippen molar-refractivity contribution >= 4 is 15.9 Å². The Morgan fingerprint density at radius 1 is 1.41 bits per heavy atom. The number of carbonyl (C=O) groups is 1. The number of piperidine rings is 1. The molecule has 0 saturated carbocycles. The van der Waals surface area contributed by atoms with Gasteiger partial charge >= 0.3 is 0 Å². The average molecular weight is 430 g/mol. The van der Waals surface area contributed by atoms with Gasteiger partial charge in [0.25, 0.3) is 5.91 Å². The molecule has 0 bridgehead atoms. The maximum Gasteiger partial charge on any atom is 0.260 e. The minimum Gasteiger partial charge on any atom is -0.484 e. The summed E-state index contributed by atoms with van der Waals surface area (Å²) in [5.41, 5.74) is -1.90. The number of nitrogens with one attached hydrogen (secondary N) is 1. The molecule has 2 fully saturated rings. The van der Waals surface area contributed by atoms with E-state index in [0.717, 1.165) is 6.26 Å². The summed E-state index contributed by atoms with van der Waals surface area (Å²) in [6.45, 7) is 2.23. The van der Waals surface area contributed by atoms with Gasteiger partial charge in [-0.2, -0.15) is 0 Å². The van der Waals surface area contributed by atoms with Crippen LogP contribution < -0.4 is 9.46 Å². The summed E-state index contributed by atoms with van der Waals surface area (Å²) in [7, 11) is -3.48. The SMILES string of the molecule is C[C@]1(O)COC2(CCN(C(=O)COc3cccc(F)c3)CC2)C[C@@H]1NS(C)(=O)=O. The molecular weight excluding hydrogens is 403 g/mol. The van der Waals surface area contributed by atoms with Crippen molar-refractivity contribution in [1.29, 1.82) is 0 Å². The highest BCUT2D eigenvalue weighted by molar-refractivity contribution is 7.88. The van der Waals surface area contributed by atoms with Crippen LogP contribution in [0.15, 0.2) is 24.3 Å². The fourth-order valence-electron chi connectivity index (χ4n) is 3.78. The predicted octanol–water partition coefficient (Wildman–Crippen LogP) is 0.655. The Labute approximate surface area is 170 Å². The highest BCUT2D eigenvalue weighted by atomic mass is 32.2. The van der Waals surface area contributed by atoms with Gasteiger partial charge in [-0.1, -0.05) is 6.07 Å². The van der Waals surface area contributed by atoms with Crippen LogP contribution in [0.4, 0.5) is 4.39 Å². The monoisotopic (exact) mass is 430 g/mol. The van der Waals surface area contributed by atoms with Crippen LogP contribution in [0.5, 0.6) is 5.75 Å². The number of ether oxygens (including phenoxy) is 2. The Hall–Kier alpha value is -1.75. The number of halogens is 1. The molecule has 0 radical (unpaired) electrons. The van der Waals surface area contributed by atoms with Gasteiger partial charge in [-0.05, 0) is 38.3 Å². The van der Waals surface area contributed by atoms with Crippen LogP contribution in [0.25, 0.3) is 0 Å². The van der Waals surface area contributed by atoms with Crippen molar-refractivity contribution in [3.8, 4) is 5.75 Å². The Morgan fingerprint density at radius 2 is 2.10 bits per heavy atom. The molecule has 1 aromatic rings. The van der Waals surface area contributed by atoms with Crippen LogP contribution in [-0.2, 0) is 19.6 Å². The lowest BCUT2D eigenvalue weighted by molar-refractivity contribution is -0.191. The fourth-order valence-corrected chi connectivity index (χ4v) is 4.64. The van der Waals surface area contributed by atoms with Gasteiger partial charge in [0.05, 0.1) is 24.5 Å². The fraction of sp³-hybridized carbons (Fsp3) is 0.632. The molecule has 29 heavy (non-hydrogen) atoms. The largest absolute Gasteiger partial charge is 0.484 e. The van der Waals surface area contributed by atoms with E-state index in [9.17, 15) is 22.7 Å². The van der Waals surface area contributed by atoms with E-state index < -0.39 is 33.1 Å². The third-order valence-corrected chi connectivity index (χ3v) is 6.25. The first-order valence-electron chi connectivity index (χ1n) is 9.48. The first-order valence-corrected chi connectivity index (χ1v) is 11.4. The summed E-state index contributed by atoms with van der Waals surface area (Å²) in [4.78, 5) is 14.1. The molecule has 3 rings (SSSR count). The minimum atomic E-state index is -3.48. The lowest BCUT2D eigenvalue weighted by Gasteiger charge is -2.50. The van der Waals surface area contributed by atoms with Crippen molar-refractivity contribution in [2.45, 2.75) is 43.4 Å². The maximum absolute atomic E-state index is 13.2. The summed E-state index contributed by atoms with van der Waals surface area (Å²) in [5.74, 6) is -0.352. The van der Waals surface area contributed by atoms with E-state index in [1.165, 1.54) is 18.2 Å². The lowest BCUT2D eigenvalue weighted by Crippen LogP contribution is -2.64. The van der Waals surface area contributed by atoms with Crippen molar-refractivity contribution in [2.75, 3.05) is 32.6 Å². The molecule has 2 atom stereocenters. The molecule has 1 aromatic carbocycles. The van der Waals surface area contributed by atoms with Gasteiger partial charge in [-0.25, -0.2) is 17.5 Å². The number of aliphatic hydroxyl groups is 1. The van der Waals surface area contributed by atoms with E-state index in [1.807, 2.05) is 0 Å². The van der Waals surface area contributed by atoms with Gasteiger partial charge in [0.15, 0.2) is 6.61 Å². The number of hydrogen-bond donors (Lipinski definition) is 2. The van der Waals surface area contributed by atoms with Gasteiger partial charge < -0.3 is 19.5 Å². The Balaban J connectivity index is 1.55. The Kier molecular flexibility index (Phi) is 6.19. The lowest BCUT2D eigenvalue weighted by atomic mass is 9.78. The van der Waals surface area contributed by atoms with Crippen molar-refractivity contribution in [1.82, 2.24) is 9.62 Å². The summed E-state index contributed by atoms with van der Waals surface area (Å²) in [5, 5.41) is 10.5. The van der Waals surface area contributed by atoms with Gasteiger partial charge in [0, 0.05) is 19.2 Å². The molecule has 10 heteroatoms. The van der Waals surface area contributed by atoms with Crippen molar-refractivity contribution < 1.29 is 32.2 Å². The molecule has 0 unspecified atom stereocenters. The highest BCUT2D eigenvalue weighted by Gasteiger charge is 2.49. The van der Waals surface area contributed by atoms with Crippen molar-refractivity contribution in [3.63, 3.8) is 0 Å². The Bertz CT molecular complexity index is 852. The topological polar surface area (TPSA) is 105 Å². The summed E-state index contributed by atoms with van der Waals surface area (Å²) >= 11 is 0. The average Bonchev–Trinajstić information content (AvgIpc) is 2.63. The van der Waals surface area contributed by atoms with Crippen molar-refractivity contribution in [2.24, 2.45) is 0 Å². The molecule has 2 aliphatic heterocycles. The number of rotatable bonds is 5. The molecule has 1 spiro atoms. The maximum atomic E-state index is 13.2. The van der Waals surface area contributed by atoms with E-state index in [4.69, 9.17) is 9.47 Å². The highest BCUT2D eigenvalue weighted by Crippen LogP contribution is 2.38. The number of benzene rings is 1. The standard InChI is InChI=1S/C19H27FN2O6S/c1-18(24)13-28-19(11-16(18)21-29(2,25)26)6-8-22(9-7-19)17(23)12-27-15-5-3-4-14(20)10-15/h3-5,10,16,21,24H,6-9,11-13H2,1-2H3/t16-,18-/m0/s1. The number of likely N-dealkylation sites (tertiary alicyclic amines) is 1. The van der Waals surface area contributed by atoms with E-state index in [1.54, 1.807) is 17.9 Å². The number of nitrogens with zero attached hydrogens (tertiary/aromatic N) is 1. The number of carbonyl (C=O) groups excluding carboxylic acids is 1. The molecule has 2 heterocycles. The van der Waals surface area contributed by atoms with Crippen LogP contribution in [0.2, 0.25) is 0 Å². The second-order valence-corrected chi connectivity index (χ2v) is 9.88. The first kappa shape index (κ1) is 21.9. The zero-order chi connectivity index (χ0) is 21.3. The zero-order valence-electron chi connectivity index (χ0n) is 16.6. The second kappa shape index (κ2) is 8.17. The van der Waals surface area contributed by atoms with Crippen LogP contribution >= 0.6 is 0 Å². The van der Waals surface area contributed by atoms with E-state index >= 15 is 0 Å². The van der Waals surface area contributed by atoms with E-state index in [-0.39, 0.29) is 19.1 Å². The smallest absolute Gasteiger partial charge is 0.260 e. The van der Waals surface area contributed by atoms with Gasteiger partial charge in [-0.15, -0.1) is 0 Å². The molecule has 2 N–H and O–H groups in total. The van der Waals surface area contributed by atoms with Crippen LogP contribution in [0, 0.1) is 5.82 Å². The van der Waals surface area contributed by atoms with Crippen LogP contribution in [0.1, 0.15) is 26.2 Å². The number of sulfonamides is 1. The number of hydrogen-bond acceptors (Lipinski definition) is 6. The third kappa shape index (κ3) is 5.65. The van der Waals surface area contributed by atoms with Crippen LogP contribution in [-0.4, -0.2) is 74.1 Å². The molecule has 162 valence electrons. The van der Waals surface area contributed by atoms with Crippen LogP contribution in [0.3, 0.4) is 0 Å². The molecular formula is C19H27FN2O6S. The summed E-state index contributed by atoms with van der Waals surface area (Å²) < 4.78 is 50.3. The second-order valence-electron chi connectivity index (χ2n) is 8.10. The molecule has 8 nitrogen and oxygen atoms in total. The third-order valence-electron chi connectivity index (χ3n) is 5.54. The number of amides is 1. The summed E-state index contributed by atoms with van der Waals surface area (Å²) in [6, 6.07) is 4.94. The summed E-state index contributed by atoms with van der Waals surface area (Å²) in [6.07, 6.45) is 2.44. The zero-order valence-corrected chi connectivity index (χ0v) is 17.4. The van der Waals surface area contributed by atoms with Gasteiger partial charge in [0.1, 0.15) is 17.2 Å². The normalized spacial score (nSPS) is 27.0. The van der Waals surface area contributed by atoms with Gasteiger partial charge in [-0.3, -0.25) is 4.79 Å². The minimum absolute atomic E-state index is 0.0107. The first-order chi connectivity index (χ1) is 13.5. The van der Waals surface area contributed by atoms with E-state index in [0.29, 0.717) is 38.1 Å². The molecule has 0 aromatic heterocycles. The molecule has 2 aliphatic rings. The molecule has 2 saturated heterocycles. The molecule has 1 amide bonds. The molecule has 0 aliphatic carbocycles. The quantitative estimate of drug-likeness (QED) is 0.711. The predicted molar refractivity (Wildman–Crippen MR) is 103 cm³/mol. The van der Waals surface area contributed by atoms with Crippen molar-refractivity contribution in [3.05, 3.63) is 30.1 Å².